The predicted molar refractivity (Wildman–Crippen MR) is 124 cm³/mol. The first-order valence-corrected chi connectivity index (χ1v) is 10.8. The fraction of sp³-hybridized carbons (Fsp3) is 0.192. The molecule has 1 N–H and O–H groups in total. The van der Waals surface area contributed by atoms with E-state index in [1.807, 2.05) is 30.3 Å². The third kappa shape index (κ3) is 6.04. The molecule has 2 aromatic carbocycles. The number of hydrogen-bond acceptors (Lipinski definition) is 4. The summed E-state index contributed by atoms with van der Waals surface area (Å²) in [6, 6.07) is 17.2. The number of aromatic nitrogens is 1. The molecule has 1 saturated heterocycles. The number of pyridine rings is 1. The number of para-hydroxylation sites is 1. The summed E-state index contributed by atoms with van der Waals surface area (Å²) in [5.74, 6) is -0.308. The first-order chi connectivity index (χ1) is 16.1. The summed E-state index contributed by atoms with van der Waals surface area (Å²) in [7, 11) is 0. The van der Waals surface area contributed by atoms with E-state index in [0.717, 1.165) is 5.69 Å². The van der Waals surface area contributed by atoms with Crippen LogP contribution >= 0.6 is 0 Å². The van der Waals surface area contributed by atoms with Crippen LogP contribution in [0.1, 0.15) is 18.4 Å². The van der Waals surface area contributed by atoms with Crippen molar-refractivity contribution in [2.45, 2.75) is 12.8 Å². The van der Waals surface area contributed by atoms with E-state index in [0.29, 0.717) is 37.2 Å². The highest BCUT2D eigenvalue weighted by molar-refractivity contribution is 5.94. The second-order valence-electron chi connectivity index (χ2n) is 7.77. The number of benzene rings is 2. The number of nitrogens with one attached hydrogen (secondary N) is 1. The minimum Gasteiger partial charge on any atom is -0.453 e. The van der Waals surface area contributed by atoms with Crippen molar-refractivity contribution in [1.29, 1.82) is 0 Å². The van der Waals surface area contributed by atoms with E-state index in [-0.39, 0.29) is 23.5 Å². The number of piperidine rings is 1. The van der Waals surface area contributed by atoms with E-state index in [1.165, 1.54) is 24.4 Å². The van der Waals surface area contributed by atoms with Crippen LogP contribution in [0.25, 0.3) is 6.08 Å². The average Bonchev–Trinajstić information content (AvgIpc) is 2.85. The lowest BCUT2D eigenvalue weighted by atomic mass is 9.95. The molecule has 0 spiro atoms. The van der Waals surface area contributed by atoms with Crippen molar-refractivity contribution in [2.24, 2.45) is 5.92 Å². The van der Waals surface area contributed by atoms with Crippen LogP contribution in [0.5, 0.6) is 11.5 Å². The standard InChI is InChI=1S/C26H24FN3O3/c27-23-17-19(8-10-24(23)33-22-7-4-14-28-18-22)9-11-25(31)30-15-12-20(13-16-30)26(32)29-21-5-2-1-3-6-21/h1-11,14,17-18,20H,12-13,15-16H2,(H,29,32)/b11-9+. The molecular weight excluding hydrogens is 421 g/mol. The third-order valence-electron chi connectivity index (χ3n) is 5.46. The van der Waals surface area contributed by atoms with Gasteiger partial charge in [-0.3, -0.25) is 14.6 Å². The Bertz CT molecular complexity index is 1130. The molecule has 2 amide bonds. The minimum absolute atomic E-state index is 0.0205. The normalized spacial score (nSPS) is 14.3. The molecular formula is C26H24FN3O3. The van der Waals surface area contributed by atoms with E-state index < -0.39 is 5.82 Å². The van der Waals surface area contributed by atoms with Crippen LogP contribution in [0.2, 0.25) is 0 Å². The highest BCUT2D eigenvalue weighted by atomic mass is 19.1. The molecule has 1 aliphatic heterocycles. The topological polar surface area (TPSA) is 71.5 Å². The van der Waals surface area contributed by atoms with Crippen molar-refractivity contribution in [2.75, 3.05) is 18.4 Å². The molecule has 0 bridgehead atoms. The zero-order valence-electron chi connectivity index (χ0n) is 18.0. The summed E-state index contributed by atoms with van der Waals surface area (Å²) in [5, 5.41) is 2.92. The summed E-state index contributed by atoms with van der Waals surface area (Å²) in [6.07, 6.45) is 7.32. The van der Waals surface area contributed by atoms with Gasteiger partial charge in [0.2, 0.25) is 11.8 Å². The Morgan fingerprint density at radius 3 is 2.55 bits per heavy atom. The Morgan fingerprint density at radius 2 is 1.85 bits per heavy atom. The average molecular weight is 445 g/mol. The van der Waals surface area contributed by atoms with Gasteiger partial charge in [-0.15, -0.1) is 0 Å². The van der Waals surface area contributed by atoms with Crippen molar-refractivity contribution in [1.82, 2.24) is 9.88 Å². The van der Waals surface area contributed by atoms with Gasteiger partial charge >= 0.3 is 0 Å². The number of hydrogen-bond donors (Lipinski definition) is 1. The predicted octanol–water partition coefficient (Wildman–Crippen LogP) is 4.90. The molecule has 0 atom stereocenters. The monoisotopic (exact) mass is 445 g/mol. The number of rotatable bonds is 6. The maximum atomic E-state index is 14.4. The molecule has 7 heteroatoms. The number of carbonyl (C=O) groups excluding carboxylic acids is 2. The van der Waals surface area contributed by atoms with Crippen molar-refractivity contribution in [3.8, 4) is 11.5 Å². The molecule has 3 aromatic rings. The van der Waals surface area contributed by atoms with Crippen molar-refractivity contribution in [3.05, 3.63) is 90.5 Å². The third-order valence-corrected chi connectivity index (χ3v) is 5.46. The second-order valence-corrected chi connectivity index (χ2v) is 7.77. The zero-order valence-corrected chi connectivity index (χ0v) is 18.0. The molecule has 0 saturated carbocycles. The summed E-state index contributed by atoms with van der Waals surface area (Å²) in [5.41, 5.74) is 1.32. The van der Waals surface area contributed by atoms with Crippen LogP contribution in [0.15, 0.2) is 79.1 Å². The van der Waals surface area contributed by atoms with Gasteiger partial charge in [0.25, 0.3) is 0 Å². The molecule has 1 aromatic heterocycles. The second kappa shape index (κ2) is 10.5. The van der Waals surface area contributed by atoms with Crippen molar-refractivity contribution >= 4 is 23.6 Å². The van der Waals surface area contributed by atoms with E-state index >= 15 is 0 Å². The molecule has 33 heavy (non-hydrogen) atoms. The highest BCUT2D eigenvalue weighted by Gasteiger charge is 2.26. The van der Waals surface area contributed by atoms with Gasteiger partial charge in [0, 0.05) is 37.0 Å². The Labute approximate surface area is 191 Å². The van der Waals surface area contributed by atoms with Crippen LogP contribution in [-0.2, 0) is 9.59 Å². The summed E-state index contributed by atoms with van der Waals surface area (Å²) >= 11 is 0. The molecule has 6 nitrogen and oxygen atoms in total. The van der Waals surface area contributed by atoms with E-state index in [9.17, 15) is 14.0 Å². The van der Waals surface area contributed by atoms with Gasteiger partial charge in [0.1, 0.15) is 5.75 Å². The van der Waals surface area contributed by atoms with Gasteiger partial charge in [0.05, 0.1) is 6.20 Å². The Morgan fingerprint density at radius 1 is 1.06 bits per heavy atom. The smallest absolute Gasteiger partial charge is 0.246 e. The van der Waals surface area contributed by atoms with Gasteiger partial charge in [0.15, 0.2) is 11.6 Å². The van der Waals surface area contributed by atoms with Gasteiger partial charge in [-0.05, 0) is 60.9 Å². The molecule has 1 aliphatic rings. The van der Waals surface area contributed by atoms with Gasteiger partial charge < -0.3 is 15.0 Å². The molecule has 4 rings (SSSR count). The maximum Gasteiger partial charge on any atom is 0.246 e. The molecule has 168 valence electrons. The molecule has 1 fully saturated rings. The maximum absolute atomic E-state index is 14.4. The van der Waals surface area contributed by atoms with Crippen LogP contribution in [-0.4, -0.2) is 34.8 Å². The van der Waals surface area contributed by atoms with Gasteiger partial charge in [-0.1, -0.05) is 24.3 Å². The van der Waals surface area contributed by atoms with Gasteiger partial charge in [-0.25, -0.2) is 4.39 Å². The highest BCUT2D eigenvalue weighted by Crippen LogP contribution is 2.25. The Hall–Kier alpha value is -4.00. The summed E-state index contributed by atoms with van der Waals surface area (Å²) in [6.45, 7) is 1.00. The summed E-state index contributed by atoms with van der Waals surface area (Å²) in [4.78, 5) is 30.6. The Balaban J connectivity index is 1.28. The molecule has 0 aliphatic carbocycles. The van der Waals surface area contributed by atoms with Gasteiger partial charge in [-0.2, -0.15) is 0 Å². The fourth-order valence-electron chi connectivity index (χ4n) is 3.64. The molecule has 0 unspecified atom stereocenters. The van der Waals surface area contributed by atoms with Crippen LogP contribution in [0, 0.1) is 11.7 Å². The first-order valence-electron chi connectivity index (χ1n) is 10.8. The SMILES string of the molecule is O=C(Nc1ccccc1)C1CCN(C(=O)/C=C/c2ccc(Oc3cccnc3)c(F)c2)CC1. The molecule has 2 heterocycles. The number of amides is 2. The fourth-order valence-corrected chi connectivity index (χ4v) is 3.64. The number of anilines is 1. The number of likely N-dealkylation sites (tertiary alicyclic amines) is 1. The first kappa shape index (κ1) is 22.2. The molecule has 0 radical (unpaired) electrons. The van der Waals surface area contributed by atoms with E-state index in [4.69, 9.17) is 4.74 Å². The van der Waals surface area contributed by atoms with Crippen LogP contribution in [0.3, 0.4) is 0 Å². The van der Waals surface area contributed by atoms with E-state index in [1.54, 1.807) is 35.4 Å². The lowest BCUT2D eigenvalue weighted by molar-refractivity contribution is -0.130. The largest absolute Gasteiger partial charge is 0.453 e. The number of ether oxygens (including phenoxy) is 1. The van der Waals surface area contributed by atoms with Crippen molar-refractivity contribution in [3.63, 3.8) is 0 Å². The number of halogens is 1. The number of nitrogens with zero attached hydrogens (tertiary/aromatic N) is 2. The lowest BCUT2D eigenvalue weighted by Crippen LogP contribution is -2.40. The Kier molecular flexibility index (Phi) is 7.09. The van der Waals surface area contributed by atoms with E-state index in [2.05, 4.69) is 10.3 Å². The zero-order chi connectivity index (χ0) is 23.0. The van der Waals surface area contributed by atoms with Crippen LogP contribution in [0.4, 0.5) is 10.1 Å². The van der Waals surface area contributed by atoms with Crippen molar-refractivity contribution < 1.29 is 18.7 Å². The number of carbonyl (C=O) groups is 2. The lowest BCUT2D eigenvalue weighted by Gasteiger charge is -2.30. The quantitative estimate of drug-likeness (QED) is 0.548. The van der Waals surface area contributed by atoms with Crippen LogP contribution < -0.4 is 10.1 Å². The minimum atomic E-state index is -0.529. The summed E-state index contributed by atoms with van der Waals surface area (Å²) < 4.78 is 19.9.